The summed E-state index contributed by atoms with van der Waals surface area (Å²) >= 11 is 0. The van der Waals surface area contributed by atoms with E-state index in [0.717, 1.165) is 16.0 Å². The quantitative estimate of drug-likeness (QED) is 0.553. The zero-order valence-electron chi connectivity index (χ0n) is 20.0. The van der Waals surface area contributed by atoms with Gasteiger partial charge in [-0.15, -0.1) is 0 Å². The van der Waals surface area contributed by atoms with Gasteiger partial charge >= 0.3 is 6.09 Å². The van der Waals surface area contributed by atoms with Crippen molar-refractivity contribution < 1.29 is 19.1 Å². The molecule has 0 aliphatic heterocycles. The highest BCUT2D eigenvalue weighted by molar-refractivity contribution is 5.93. The van der Waals surface area contributed by atoms with E-state index in [2.05, 4.69) is 16.7 Å². The van der Waals surface area contributed by atoms with E-state index >= 15 is 0 Å². The van der Waals surface area contributed by atoms with Crippen molar-refractivity contribution in [2.75, 3.05) is 0 Å². The minimum Gasteiger partial charge on any atom is -0.444 e. The lowest BCUT2D eigenvalue weighted by Crippen LogP contribution is -2.52. The average molecular weight is 430 g/mol. The summed E-state index contributed by atoms with van der Waals surface area (Å²) in [6.07, 6.45) is 4.95. The lowest BCUT2D eigenvalue weighted by Gasteiger charge is -2.32. The lowest BCUT2D eigenvalue weighted by atomic mass is 9.98. The summed E-state index contributed by atoms with van der Waals surface area (Å²) in [5.41, 5.74) is 1.22. The van der Waals surface area contributed by atoms with Crippen LogP contribution in [0.4, 0.5) is 4.79 Å². The first-order chi connectivity index (χ1) is 14.0. The number of alkyl carbamates (subject to hydrolysis) is 1. The minimum absolute atomic E-state index is 0.409. The number of aryl methyl sites for hydroxylation is 2. The van der Waals surface area contributed by atoms with Gasteiger partial charge in [0, 0.05) is 11.6 Å². The van der Waals surface area contributed by atoms with Crippen LogP contribution in [0.3, 0.4) is 0 Å². The summed E-state index contributed by atoms with van der Waals surface area (Å²) in [6, 6.07) is 5.90. The molecule has 0 bridgehead atoms. The molecule has 1 rings (SSSR count). The molecule has 170 valence electrons. The third-order valence-corrected chi connectivity index (χ3v) is 4.04. The molecule has 7 nitrogen and oxygen atoms in total. The van der Waals surface area contributed by atoms with Gasteiger partial charge in [0.15, 0.2) is 0 Å². The highest BCUT2D eigenvalue weighted by Crippen LogP contribution is 2.25. The van der Waals surface area contributed by atoms with E-state index in [4.69, 9.17) is 11.2 Å². The molecule has 3 amide bonds. The number of nitrogens with one attached hydrogen (secondary N) is 2. The molecule has 0 aromatic heterocycles. The van der Waals surface area contributed by atoms with Crippen LogP contribution in [-0.2, 0) is 14.3 Å². The Morgan fingerprint density at radius 1 is 1.03 bits per heavy atom. The Morgan fingerprint density at radius 2 is 1.55 bits per heavy atom. The van der Waals surface area contributed by atoms with Gasteiger partial charge in [-0.3, -0.25) is 14.5 Å². The van der Waals surface area contributed by atoms with Crippen LogP contribution in [-0.4, -0.2) is 40.0 Å². The molecule has 0 aliphatic rings. The van der Waals surface area contributed by atoms with Crippen LogP contribution in [0, 0.1) is 26.3 Å². The zero-order chi connectivity index (χ0) is 24.1. The fourth-order valence-corrected chi connectivity index (χ4v) is 3.04. The summed E-state index contributed by atoms with van der Waals surface area (Å²) in [7, 11) is 0. The largest absolute Gasteiger partial charge is 0.444 e. The number of rotatable bonds is 5. The number of nitrogens with zero attached hydrogens (tertiary/aromatic N) is 1. The van der Waals surface area contributed by atoms with Crippen LogP contribution < -0.4 is 10.6 Å². The maximum Gasteiger partial charge on any atom is 0.408 e. The van der Waals surface area contributed by atoms with Gasteiger partial charge < -0.3 is 15.4 Å². The number of terminal acetylenes is 1. The molecule has 2 unspecified atom stereocenters. The van der Waals surface area contributed by atoms with Crippen LogP contribution in [0.15, 0.2) is 18.2 Å². The second-order valence-corrected chi connectivity index (χ2v) is 9.77. The first kappa shape index (κ1) is 26.0. The number of carbonyl (C=O) groups excluding carboxylic acids is 3. The van der Waals surface area contributed by atoms with Crippen molar-refractivity contribution in [3.05, 3.63) is 34.9 Å². The van der Waals surface area contributed by atoms with Crippen LogP contribution >= 0.6 is 0 Å². The summed E-state index contributed by atoms with van der Waals surface area (Å²) in [4.78, 5) is 39.5. The molecule has 0 radical (unpaired) electrons. The molecule has 7 heteroatoms. The second kappa shape index (κ2) is 9.86. The molecule has 31 heavy (non-hydrogen) atoms. The molecule has 0 saturated heterocycles. The van der Waals surface area contributed by atoms with Crippen molar-refractivity contribution in [3.8, 4) is 12.5 Å². The fraction of sp³-hybridized carbons (Fsp3) is 0.542. The molecule has 0 spiro atoms. The Morgan fingerprint density at radius 3 is 1.97 bits per heavy atom. The van der Waals surface area contributed by atoms with Crippen molar-refractivity contribution in [2.24, 2.45) is 0 Å². The van der Waals surface area contributed by atoms with Gasteiger partial charge in [0.2, 0.25) is 5.91 Å². The van der Waals surface area contributed by atoms with Crippen LogP contribution in [0.2, 0.25) is 0 Å². The summed E-state index contributed by atoms with van der Waals surface area (Å²) in [5, 5.41) is 5.38. The smallest absolute Gasteiger partial charge is 0.408 e. The van der Waals surface area contributed by atoms with Gasteiger partial charge in [0.05, 0.1) is 0 Å². The summed E-state index contributed by atoms with van der Waals surface area (Å²) in [6.45, 7) is 16.0. The first-order valence-electron chi connectivity index (χ1n) is 10.2. The summed E-state index contributed by atoms with van der Waals surface area (Å²) in [5.74, 6) is -1.00. The highest BCUT2D eigenvalue weighted by Gasteiger charge is 2.35. The van der Waals surface area contributed by atoms with Gasteiger partial charge in [-0.25, -0.2) is 4.79 Å². The number of hydrogen-bond donors (Lipinski definition) is 2. The van der Waals surface area contributed by atoms with E-state index in [0.29, 0.717) is 5.56 Å². The molecule has 0 heterocycles. The van der Waals surface area contributed by atoms with Crippen molar-refractivity contribution in [3.63, 3.8) is 0 Å². The second-order valence-electron chi connectivity index (χ2n) is 9.77. The number of ether oxygens (including phenoxy) is 1. The molecular weight excluding hydrogens is 394 g/mol. The third kappa shape index (κ3) is 8.33. The third-order valence-electron chi connectivity index (χ3n) is 4.04. The molecule has 0 fully saturated rings. The Balaban J connectivity index is 3.30. The lowest BCUT2D eigenvalue weighted by molar-refractivity contribution is -0.138. The maximum absolute atomic E-state index is 13.2. The first-order valence-corrected chi connectivity index (χ1v) is 10.2. The Hall–Kier alpha value is -3.01. The van der Waals surface area contributed by atoms with Crippen LogP contribution in [0.25, 0.3) is 0 Å². The van der Waals surface area contributed by atoms with Gasteiger partial charge in [-0.2, -0.15) is 0 Å². The van der Waals surface area contributed by atoms with Gasteiger partial charge in [-0.1, -0.05) is 35.7 Å². The predicted molar refractivity (Wildman–Crippen MR) is 121 cm³/mol. The summed E-state index contributed by atoms with van der Waals surface area (Å²) < 4.78 is 5.21. The molecular formula is C24H35N3O4. The van der Waals surface area contributed by atoms with E-state index in [1.165, 1.54) is 6.92 Å². The Kier molecular flexibility index (Phi) is 8.28. The molecule has 1 aromatic rings. The van der Waals surface area contributed by atoms with Crippen molar-refractivity contribution in [2.45, 2.75) is 85.5 Å². The van der Waals surface area contributed by atoms with E-state index in [-0.39, 0.29) is 0 Å². The Bertz CT molecular complexity index is 852. The molecule has 2 atom stereocenters. The van der Waals surface area contributed by atoms with E-state index < -0.39 is 41.1 Å². The molecule has 0 saturated carbocycles. The van der Waals surface area contributed by atoms with E-state index in [9.17, 15) is 14.4 Å². The van der Waals surface area contributed by atoms with Crippen LogP contribution in [0.1, 0.15) is 71.2 Å². The normalized spacial score (nSPS) is 13.4. The Labute approximate surface area is 185 Å². The standard InChI is InChI=1S/C24H35N3O4/c1-11-27(21(29)17(4)25-22(30)31-24(8,9)10)19(20(28)26-23(5,6)7)18-13-15(2)12-16(3)14-18/h1,12-14,17,19H,2-10H3,(H,25,30)(H,26,28). The maximum atomic E-state index is 13.2. The zero-order valence-corrected chi connectivity index (χ0v) is 20.0. The number of benzene rings is 1. The minimum atomic E-state index is -1.06. The van der Waals surface area contributed by atoms with Crippen LogP contribution in [0.5, 0.6) is 0 Å². The van der Waals surface area contributed by atoms with Crippen molar-refractivity contribution in [1.29, 1.82) is 0 Å². The van der Waals surface area contributed by atoms with E-state index in [1.54, 1.807) is 20.8 Å². The SMILES string of the molecule is C#CN(C(=O)C(C)NC(=O)OC(C)(C)C)C(C(=O)NC(C)(C)C)c1cc(C)cc(C)c1. The van der Waals surface area contributed by atoms with Gasteiger partial charge in [-0.05, 0) is 67.9 Å². The van der Waals surface area contributed by atoms with E-state index in [1.807, 2.05) is 52.8 Å². The molecule has 1 aromatic carbocycles. The number of hydrogen-bond acceptors (Lipinski definition) is 4. The van der Waals surface area contributed by atoms with Crippen molar-refractivity contribution in [1.82, 2.24) is 15.5 Å². The number of amides is 3. The van der Waals surface area contributed by atoms with Crippen molar-refractivity contribution >= 4 is 17.9 Å². The molecule has 0 aliphatic carbocycles. The van der Waals surface area contributed by atoms with Gasteiger partial charge in [0.1, 0.15) is 17.7 Å². The highest BCUT2D eigenvalue weighted by atomic mass is 16.6. The average Bonchev–Trinajstić information content (AvgIpc) is 2.54. The molecule has 2 N–H and O–H groups in total. The predicted octanol–water partition coefficient (Wildman–Crippen LogP) is 3.59. The fourth-order valence-electron chi connectivity index (χ4n) is 3.04. The van der Waals surface area contributed by atoms with Gasteiger partial charge in [0.25, 0.3) is 5.91 Å². The monoisotopic (exact) mass is 429 g/mol. The number of carbonyl (C=O) groups is 3. The topological polar surface area (TPSA) is 87.7 Å².